The van der Waals surface area contributed by atoms with E-state index in [9.17, 15) is 13.6 Å². The number of benzene rings is 2. The number of piperazine rings is 1. The van der Waals surface area contributed by atoms with Gasteiger partial charge in [-0.25, -0.2) is 8.78 Å². The molecule has 0 unspecified atom stereocenters. The van der Waals surface area contributed by atoms with Gasteiger partial charge in [-0.05, 0) is 30.2 Å². The molecule has 2 aliphatic rings. The zero-order valence-corrected chi connectivity index (χ0v) is 14.5. The largest absolute Gasteiger partial charge is 0.369 e. The van der Waals surface area contributed by atoms with Crippen LogP contribution in [0.15, 0.2) is 42.5 Å². The first-order valence-corrected chi connectivity index (χ1v) is 8.92. The second-order valence-corrected chi connectivity index (χ2v) is 6.81. The molecular weight excluding hydrogens is 336 g/mol. The van der Waals surface area contributed by atoms with E-state index in [2.05, 4.69) is 11.0 Å². The first-order chi connectivity index (χ1) is 12.6. The zero-order chi connectivity index (χ0) is 18.1. The number of rotatable bonds is 3. The molecule has 4 rings (SSSR count). The predicted molar refractivity (Wildman–Crippen MR) is 97.5 cm³/mol. The van der Waals surface area contributed by atoms with Crippen molar-refractivity contribution in [3.63, 3.8) is 0 Å². The molecule has 0 aromatic heterocycles. The normalized spacial score (nSPS) is 17.5. The molecule has 0 bridgehead atoms. The lowest BCUT2D eigenvalue weighted by molar-refractivity contribution is -0.119. The van der Waals surface area contributed by atoms with E-state index in [4.69, 9.17) is 0 Å². The summed E-state index contributed by atoms with van der Waals surface area (Å²) in [5.41, 5.74) is 2.80. The van der Waals surface area contributed by atoms with Crippen molar-refractivity contribution in [3.8, 4) is 0 Å². The highest BCUT2D eigenvalue weighted by molar-refractivity contribution is 5.96. The molecule has 1 amide bonds. The molecule has 2 aliphatic heterocycles. The minimum atomic E-state index is -0.565. The lowest BCUT2D eigenvalue weighted by Crippen LogP contribution is -2.50. The summed E-state index contributed by atoms with van der Waals surface area (Å²) in [6.07, 6.45) is 0.904. The second kappa shape index (κ2) is 7.03. The Morgan fingerprint density at radius 1 is 0.923 bits per heavy atom. The Bertz CT molecular complexity index is 798. The molecule has 1 fully saturated rings. The number of carbonyl (C=O) groups is 1. The molecule has 0 atom stereocenters. The van der Waals surface area contributed by atoms with Crippen molar-refractivity contribution in [1.29, 1.82) is 0 Å². The van der Waals surface area contributed by atoms with Crippen LogP contribution in [-0.2, 0) is 11.2 Å². The summed E-state index contributed by atoms with van der Waals surface area (Å²) < 4.78 is 26.8. The van der Waals surface area contributed by atoms with Gasteiger partial charge in [-0.3, -0.25) is 9.69 Å². The molecule has 1 saturated heterocycles. The maximum absolute atomic E-state index is 13.4. The summed E-state index contributed by atoms with van der Waals surface area (Å²) in [6.45, 7) is 3.79. The van der Waals surface area contributed by atoms with E-state index in [1.54, 1.807) is 0 Å². The minimum absolute atomic E-state index is 0.111. The number of amides is 1. The maximum Gasteiger partial charge on any atom is 0.241 e. The average molecular weight is 357 g/mol. The van der Waals surface area contributed by atoms with E-state index in [-0.39, 0.29) is 5.91 Å². The summed E-state index contributed by atoms with van der Waals surface area (Å²) in [7, 11) is 0. The van der Waals surface area contributed by atoms with E-state index >= 15 is 0 Å². The molecular formula is C20H21F2N3O. The van der Waals surface area contributed by atoms with E-state index in [1.165, 1.54) is 17.7 Å². The van der Waals surface area contributed by atoms with E-state index < -0.39 is 11.6 Å². The maximum atomic E-state index is 13.4. The van der Waals surface area contributed by atoms with Crippen molar-refractivity contribution in [2.75, 3.05) is 49.1 Å². The zero-order valence-electron chi connectivity index (χ0n) is 14.5. The van der Waals surface area contributed by atoms with Crippen LogP contribution in [0.25, 0.3) is 0 Å². The van der Waals surface area contributed by atoms with Crippen LogP contribution in [0.4, 0.5) is 20.2 Å². The first-order valence-electron chi connectivity index (χ1n) is 8.92. The van der Waals surface area contributed by atoms with Gasteiger partial charge in [0.05, 0.1) is 6.54 Å². The monoisotopic (exact) mass is 357 g/mol. The summed E-state index contributed by atoms with van der Waals surface area (Å²) in [6, 6.07) is 11.6. The molecule has 2 heterocycles. The lowest BCUT2D eigenvalue weighted by Gasteiger charge is -2.36. The number of halogens is 2. The predicted octanol–water partition coefficient (Wildman–Crippen LogP) is 2.68. The summed E-state index contributed by atoms with van der Waals surface area (Å²) in [4.78, 5) is 18.6. The van der Waals surface area contributed by atoms with Gasteiger partial charge in [0, 0.05) is 50.2 Å². The van der Waals surface area contributed by atoms with Gasteiger partial charge in [-0.1, -0.05) is 18.2 Å². The van der Waals surface area contributed by atoms with Crippen molar-refractivity contribution < 1.29 is 13.6 Å². The highest BCUT2D eigenvalue weighted by Crippen LogP contribution is 2.27. The van der Waals surface area contributed by atoms with Gasteiger partial charge in [0.2, 0.25) is 5.91 Å². The summed E-state index contributed by atoms with van der Waals surface area (Å²) >= 11 is 0. The van der Waals surface area contributed by atoms with Crippen molar-refractivity contribution in [1.82, 2.24) is 4.90 Å². The van der Waals surface area contributed by atoms with Crippen molar-refractivity contribution in [2.45, 2.75) is 6.42 Å². The molecule has 6 heteroatoms. The number of para-hydroxylation sites is 1. The molecule has 0 aliphatic carbocycles. The molecule has 26 heavy (non-hydrogen) atoms. The smallest absolute Gasteiger partial charge is 0.241 e. The fourth-order valence-corrected chi connectivity index (χ4v) is 3.76. The van der Waals surface area contributed by atoms with Gasteiger partial charge in [-0.2, -0.15) is 0 Å². The number of nitrogens with zero attached hydrogens (tertiary/aromatic N) is 3. The van der Waals surface area contributed by atoms with Crippen LogP contribution in [0.5, 0.6) is 0 Å². The Morgan fingerprint density at radius 2 is 1.62 bits per heavy atom. The molecule has 0 spiro atoms. The highest BCUT2D eigenvalue weighted by atomic mass is 19.1. The van der Waals surface area contributed by atoms with Gasteiger partial charge in [0.25, 0.3) is 0 Å². The SMILES string of the molecule is O=C(CN1CCN(c2cc(F)cc(F)c2)CC1)N1CCc2ccccc21. The Balaban J connectivity index is 1.35. The topological polar surface area (TPSA) is 26.8 Å². The van der Waals surface area contributed by atoms with Crippen LogP contribution < -0.4 is 9.80 Å². The summed E-state index contributed by atoms with van der Waals surface area (Å²) in [5, 5.41) is 0. The third-order valence-corrected chi connectivity index (χ3v) is 5.13. The fraction of sp³-hybridized carbons (Fsp3) is 0.350. The minimum Gasteiger partial charge on any atom is -0.369 e. The quantitative estimate of drug-likeness (QED) is 0.845. The average Bonchev–Trinajstić information content (AvgIpc) is 3.06. The van der Waals surface area contributed by atoms with Crippen LogP contribution in [-0.4, -0.2) is 50.1 Å². The highest BCUT2D eigenvalue weighted by Gasteiger charge is 2.27. The molecule has 0 saturated carbocycles. The Hall–Kier alpha value is -2.47. The molecule has 4 nitrogen and oxygen atoms in total. The Morgan fingerprint density at radius 3 is 2.35 bits per heavy atom. The van der Waals surface area contributed by atoms with E-state index in [1.807, 2.05) is 28.0 Å². The van der Waals surface area contributed by atoms with Gasteiger partial charge >= 0.3 is 0 Å². The third-order valence-electron chi connectivity index (χ3n) is 5.13. The van der Waals surface area contributed by atoms with Gasteiger partial charge in [0.1, 0.15) is 11.6 Å². The Kier molecular flexibility index (Phi) is 4.59. The fourth-order valence-electron chi connectivity index (χ4n) is 3.76. The number of carbonyl (C=O) groups excluding carboxylic acids is 1. The summed E-state index contributed by atoms with van der Waals surface area (Å²) in [5.74, 6) is -1.02. The van der Waals surface area contributed by atoms with Crippen molar-refractivity contribution in [2.24, 2.45) is 0 Å². The number of fused-ring (bicyclic) bond motifs is 1. The van der Waals surface area contributed by atoms with Crippen LogP contribution in [0.2, 0.25) is 0 Å². The molecule has 2 aromatic carbocycles. The van der Waals surface area contributed by atoms with Crippen LogP contribution in [0, 0.1) is 11.6 Å². The van der Waals surface area contributed by atoms with Crippen LogP contribution >= 0.6 is 0 Å². The third kappa shape index (κ3) is 3.42. The number of anilines is 2. The van der Waals surface area contributed by atoms with E-state index in [0.29, 0.717) is 38.4 Å². The van der Waals surface area contributed by atoms with Gasteiger partial charge < -0.3 is 9.80 Å². The molecule has 136 valence electrons. The van der Waals surface area contributed by atoms with Crippen molar-refractivity contribution >= 4 is 17.3 Å². The van der Waals surface area contributed by atoms with Crippen LogP contribution in [0.3, 0.4) is 0 Å². The van der Waals surface area contributed by atoms with E-state index in [0.717, 1.165) is 24.7 Å². The van der Waals surface area contributed by atoms with Crippen molar-refractivity contribution in [3.05, 3.63) is 59.7 Å². The molecule has 2 aromatic rings. The van der Waals surface area contributed by atoms with Crippen LogP contribution in [0.1, 0.15) is 5.56 Å². The molecule has 0 radical (unpaired) electrons. The Labute approximate surface area is 151 Å². The second-order valence-electron chi connectivity index (χ2n) is 6.81. The lowest BCUT2D eigenvalue weighted by atomic mass is 10.2. The standard InChI is InChI=1S/C20H21F2N3O/c21-16-11-17(22)13-18(12-16)24-9-7-23(8-10-24)14-20(26)25-6-5-15-3-1-2-4-19(15)25/h1-4,11-13H,5-10,14H2. The van der Waals surface area contributed by atoms with Gasteiger partial charge in [-0.15, -0.1) is 0 Å². The number of hydrogen-bond donors (Lipinski definition) is 0. The number of hydrogen-bond acceptors (Lipinski definition) is 3. The van der Waals surface area contributed by atoms with Gasteiger partial charge in [0.15, 0.2) is 0 Å². The molecule has 0 N–H and O–H groups in total. The first kappa shape index (κ1) is 17.0.